The summed E-state index contributed by atoms with van der Waals surface area (Å²) in [4.78, 5) is 15.2. The number of benzene rings is 2. The lowest BCUT2D eigenvalue weighted by atomic mass is 10.0. The summed E-state index contributed by atoms with van der Waals surface area (Å²) in [6, 6.07) is 16.1. The molecule has 1 aromatic heterocycles. The molecular weight excluding hydrogens is 387 g/mol. The zero-order valence-electron chi connectivity index (χ0n) is 16.8. The number of nitrogens with two attached hydrogens (primary N) is 1. The molecule has 2 aromatic carbocycles. The second-order valence-electron chi connectivity index (χ2n) is 6.83. The molecule has 0 aliphatic heterocycles. The second-order valence-corrected chi connectivity index (χ2v) is 6.83. The molecule has 0 amide bonds. The van der Waals surface area contributed by atoms with E-state index in [0.717, 1.165) is 28.3 Å². The lowest BCUT2D eigenvalue weighted by Crippen LogP contribution is -2.26. The summed E-state index contributed by atoms with van der Waals surface area (Å²) >= 11 is 0. The van der Waals surface area contributed by atoms with E-state index in [1.165, 1.54) is 6.07 Å². The Hall–Kier alpha value is -3.45. The van der Waals surface area contributed by atoms with Crippen LogP contribution in [0.1, 0.15) is 24.5 Å². The molecule has 0 saturated heterocycles. The number of ether oxygens (including phenoxy) is 2. The van der Waals surface area contributed by atoms with Crippen molar-refractivity contribution in [2.45, 2.75) is 32.9 Å². The molecule has 0 spiro atoms. The fourth-order valence-corrected chi connectivity index (χ4v) is 2.96. The number of aromatic nitrogens is 1. The van der Waals surface area contributed by atoms with Gasteiger partial charge in [-0.25, -0.2) is 9.18 Å². The van der Waals surface area contributed by atoms with Crippen molar-refractivity contribution in [3.8, 4) is 28.6 Å². The van der Waals surface area contributed by atoms with Crippen LogP contribution in [0.3, 0.4) is 0 Å². The van der Waals surface area contributed by atoms with Crippen molar-refractivity contribution in [2.24, 2.45) is 5.73 Å². The smallest absolute Gasteiger partial charge is 0.344 e. The summed E-state index contributed by atoms with van der Waals surface area (Å²) in [5, 5.41) is 9.12. The molecule has 3 aromatic rings. The van der Waals surface area contributed by atoms with E-state index < -0.39 is 23.8 Å². The van der Waals surface area contributed by atoms with Gasteiger partial charge in [-0.2, -0.15) is 4.98 Å². The summed E-state index contributed by atoms with van der Waals surface area (Å²) in [5.74, 6) is -1.75. The molecule has 3 rings (SSSR count). The maximum absolute atomic E-state index is 14.0. The molecular formula is C23H23FN2O4. The lowest BCUT2D eigenvalue weighted by molar-refractivity contribution is -0.145. The highest BCUT2D eigenvalue weighted by Gasteiger charge is 2.20. The van der Waals surface area contributed by atoms with Crippen LogP contribution in [0.15, 0.2) is 54.6 Å². The number of pyridine rings is 1. The van der Waals surface area contributed by atoms with Gasteiger partial charge in [0.25, 0.3) is 5.88 Å². The highest BCUT2D eigenvalue weighted by Crippen LogP contribution is 2.30. The van der Waals surface area contributed by atoms with Crippen molar-refractivity contribution in [1.82, 2.24) is 4.98 Å². The van der Waals surface area contributed by atoms with Gasteiger partial charge in [-0.1, -0.05) is 31.2 Å². The van der Waals surface area contributed by atoms with Crippen molar-refractivity contribution >= 4 is 5.97 Å². The first-order valence-corrected chi connectivity index (χ1v) is 9.54. The third kappa shape index (κ3) is 5.12. The van der Waals surface area contributed by atoms with Crippen molar-refractivity contribution in [2.75, 3.05) is 0 Å². The molecule has 30 heavy (non-hydrogen) atoms. The number of aryl methyl sites for hydroxylation is 1. The number of hydrogen-bond donors (Lipinski definition) is 2. The van der Waals surface area contributed by atoms with Gasteiger partial charge in [-0.15, -0.1) is 0 Å². The predicted molar refractivity (Wildman–Crippen MR) is 111 cm³/mol. The zero-order chi connectivity index (χ0) is 21.7. The Kier molecular flexibility index (Phi) is 6.64. The molecule has 1 atom stereocenters. The van der Waals surface area contributed by atoms with Crippen molar-refractivity contribution in [1.29, 1.82) is 0 Å². The van der Waals surface area contributed by atoms with E-state index in [4.69, 9.17) is 20.3 Å². The summed E-state index contributed by atoms with van der Waals surface area (Å²) in [5.41, 5.74) is 9.66. The third-order valence-corrected chi connectivity index (χ3v) is 4.46. The second kappa shape index (κ2) is 9.37. The summed E-state index contributed by atoms with van der Waals surface area (Å²) in [6.07, 6.45) is -1.02. The third-order valence-electron chi connectivity index (χ3n) is 4.46. The summed E-state index contributed by atoms with van der Waals surface area (Å²) in [6.45, 7) is 4.01. The van der Waals surface area contributed by atoms with Gasteiger partial charge in [-0.3, -0.25) is 0 Å². The van der Waals surface area contributed by atoms with Gasteiger partial charge in [0.2, 0.25) is 5.88 Å². The van der Waals surface area contributed by atoms with E-state index in [1.54, 1.807) is 6.92 Å². The minimum atomic E-state index is -1.19. The average Bonchev–Trinajstić information content (AvgIpc) is 2.73. The Morgan fingerprint density at radius 3 is 2.67 bits per heavy atom. The fraction of sp³-hybridized carbons (Fsp3) is 0.217. The minimum Gasteiger partial charge on any atom is -0.479 e. The zero-order valence-corrected chi connectivity index (χ0v) is 16.8. The number of aliphatic carboxylic acids is 1. The molecule has 3 N–H and O–H groups in total. The Morgan fingerprint density at radius 1 is 1.17 bits per heavy atom. The predicted octanol–water partition coefficient (Wildman–Crippen LogP) is 4.69. The Bertz CT molecular complexity index is 1060. The van der Waals surface area contributed by atoms with Crippen LogP contribution < -0.4 is 15.2 Å². The average molecular weight is 410 g/mol. The molecule has 0 aliphatic rings. The van der Waals surface area contributed by atoms with Gasteiger partial charge in [0.05, 0.1) is 0 Å². The van der Waals surface area contributed by atoms with E-state index in [0.29, 0.717) is 12.3 Å². The van der Waals surface area contributed by atoms with Crippen LogP contribution in [0.4, 0.5) is 4.39 Å². The summed E-state index contributed by atoms with van der Waals surface area (Å²) in [7, 11) is 0. The molecule has 1 heterocycles. The molecule has 0 radical (unpaired) electrons. The first kappa shape index (κ1) is 21.3. The van der Waals surface area contributed by atoms with Gasteiger partial charge in [-0.05, 0) is 59.9 Å². The van der Waals surface area contributed by atoms with Crippen molar-refractivity contribution < 1.29 is 23.8 Å². The van der Waals surface area contributed by atoms with Gasteiger partial charge in [0.15, 0.2) is 11.9 Å². The van der Waals surface area contributed by atoms with Crippen molar-refractivity contribution in [3.05, 3.63) is 71.5 Å². The SMILES string of the molecule is CCC(Oc1nc(Oc2cc(C)cc(-c3cccc(CN)c3)c2)ccc1F)C(=O)O. The number of carbonyl (C=O) groups is 1. The molecule has 1 unspecified atom stereocenters. The normalized spacial score (nSPS) is 11.7. The molecule has 6 nitrogen and oxygen atoms in total. The van der Waals surface area contributed by atoms with Gasteiger partial charge < -0.3 is 20.3 Å². The van der Waals surface area contributed by atoms with Crippen LogP contribution in [0.5, 0.6) is 17.5 Å². The van der Waals surface area contributed by atoms with E-state index in [-0.39, 0.29) is 12.3 Å². The largest absolute Gasteiger partial charge is 0.479 e. The molecule has 0 fully saturated rings. The standard InChI is InChI=1S/C23H23FN2O4/c1-3-20(23(27)28)30-22-19(24)7-8-21(26-22)29-18-10-14(2)9-17(12-18)16-6-4-5-15(11-16)13-25/h4-12,20H,3,13,25H2,1-2H3,(H,27,28). The maximum atomic E-state index is 14.0. The number of rotatable bonds is 8. The van der Waals surface area contributed by atoms with Gasteiger partial charge in [0.1, 0.15) is 5.75 Å². The molecule has 0 aliphatic carbocycles. The maximum Gasteiger partial charge on any atom is 0.344 e. The fourth-order valence-electron chi connectivity index (χ4n) is 2.96. The van der Waals surface area contributed by atoms with Crippen LogP contribution in [-0.2, 0) is 11.3 Å². The Balaban J connectivity index is 1.88. The van der Waals surface area contributed by atoms with E-state index in [1.807, 2.05) is 49.4 Å². The van der Waals surface area contributed by atoms with Gasteiger partial charge in [0, 0.05) is 12.6 Å². The highest BCUT2D eigenvalue weighted by atomic mass is 19.1. The molecule has 7 heteroatoms. The first-order chi connectivity index (χ1) is 14.4. The van der Waals surface area contributed by atoms with Crippen LogP contribution >= 0.6 is 0 Å². The lowest BCUT2D eigenvalue weighted by Gasteiger charge is -2.14. The number of carboxylic acid groups (broad SMARTS) is 1. The molecule has 0 saturated carbocycles. The molecule has 156 valence electrons. The minimum absolute atomic E-state index is 0.0962. The number of carboxylic acids is 1. The molecule has 0 bridgehead atoms. The van der Waals surface area contributed by atoms with Crippen LogP contribution in [0, 0.1) is 12.7 Å². The van der Waals surface area contributed by atoms with Crippen LogP contribution in [0.2, 0.25) is 0 Å². The highest BCUT2D eigenvalue weighted by molar-refractivity contribution is 5.72. The Labute approximate surface area is 174 Å². The van der Waals surface area contributed by atoms with Crippen LogP contribution in [-0.4, -0.2) is 22.2 Å². The number of hydrogen-bond acceptors (Lipinski definition) is 5. The van der Waals surface area contributed by atoms with E-state index in [2.05, 4.69) is 4.98 Å². The van der Waals surface area contributed by atoms with E-state index in [9.17, 15) is 9.18 Å². The monoisotopic (exact) mass is 410 g/mol. The summed E-state index contributed by atoms with van der Waals surface area (Å²) < 4.78 is 25.1. The Morgan fingerprint density at radius 2 is 1.97 bits per heavy atom. The van der Waals surface area contributed by atoms with Gasteiger partial charge >= 0.3 is 5.97 Å². The topological polar surface area (TPSA) is 94.7 Å². The number of nitrogens with zero attached hydrogens (tertiary/aromatic N) is 1. The van der Waals surface area contributed by atoms with Crippen molar-refractivity contribution in [3.63, 3.8) is 0 Å². The quantitative estimate of drug-likeness (QED) is 0.559. The van der Waals surface area contributed by atoms with Crippen LogP contribution in [0.25, 0.3) is 11.1 Å². The van der Waals surface area contributed by atoms with E-state index >= 15 is 0 Å². The number of halogens is 1. The first-order valence-electron chi connectivity index (χ1n) is 9.54.